The van der Waals surface area contributed by atoms with Gasteiger partial charge in [-0.3, -0.25) is 0 Å². The fourth-order valence-corrected chi connectivity index (χ4v) is 11.6. The Labute approximate surface area is 355 Å². The smallest absolute Gasteiger partial charge is 0.136 e. The molecule has 288 valence electrons. The highest BCUT2D eigenvalue weighted by Crippen LogP contribution is 2.55. The van der Waals surface area contributed by atoms with E-state index in [2.05, 4.69) is 210 Å². The van der Waals surface area contributed by atoms with Gasteiger partial charge in [0.25, 0.3) is 0 Å². The molecule has 0 unspecified atom stereocenters. The minimum atomic E-state index is -0.0793. The molecule has 0 amide bonds. The standard InChI is InChI=1S/C60H42O/c1-59(2)48-23-13-11-16-39(48)47-33-37(29-30-50(47)59)55-43-20-9-7-18-41(43)54(42-19-8-10-21-44(42)55)36-27-25-35(26-28-36)46-34-53-57(40-17-6-5-15-38(40)46)58-52(61-53)32-31-51-56(58)45-22-12-14-24-49(45)60(51,3)4/h5-34H,1-4H3. The van der Waals surface area contributed by atoms with Crippen LogP contribution in [0.3, 0.4) is 0 Å². The number of benzene rings is 10. The predicted octanol–water partition coefficient (Wildman–Crippen LogP) is 16.7. The van der Waals surface area contributed by atoms with Crippen LogP contribution in [-0.2, 0) is 10.8 Å². The van der Waals surface area contributed by atoms with Crippen LogP contribution in [0.4, 0.5) is 0 Å². The zero-order chi connectivity index (χ0) is 40.8. The van der Waals surface area contributed by atoms with Gasteiger partial charge in [-0.2, -0.15) is 0 Å². The van der Waals surface area contributed by atoms with Gasteiger partial charge >= 0.3 is 0 Å². The van der Waals surface area contributed by atoms with E-state index in [9.17, 15) is 0 Å². The van der Waals surface area contributed by atoms with Crippen molar-refractivity contribution in [2.24, 2.45) is 0 Å². The summed E-state index contributed by atoms with van der Waals surface area (Å²) in [6, 6.07) is 67.9. The van der Waals surface area contributed by atoms with Crippen LogP contribution in [0.5, 0.6) is 0 Å². The van der Waals surface area contributed by atoms with Crippen molar-refractivity contribution >= 4 is 54.3 Å². The average molecular weight is 779 g/mol. The van der Waals surface area contributed by atoms with E-state index in [4.69, 9.17) is 4.42 Å². The molecule has 0 saturated heterocycles. The van der Waals surface area contributed by atoms with Crippen LogP contribution in [-0.4, -0.2) is 0 Å². The van der Waals surface area contributed by atoms with Crippen LogP contribution < -0.4 is 0 Å². The second-order valence-corrected chi connectivity index (χ2v) is 18.3. The third-order valence-electron chi connectivity index (χ3n) is 14.5. The Morgan fingerprint density at radius 2 is 0.770 bits per heavy atom. The fourth-order valence-electron chi connectivity index (χ4n) is 11.6. The first-order valence-corrected chi connectivity index (χ1v) is 21.6. The van der Waals surface area contributed by atoms with Gasteiger partial charge in [-0.15, -0.1) is 0 Å². The quantitative estimate of drug-likeness (QED) is 0.163. The largest absolute Gasteiger partial charge is 0.456 e. The highest BCUT2D eigenvalue weighted by molar-refractivity contribution is 6.26. The van der Waals surface area contributed by atoms with Gasteiger partial charge in [0.1, 0.15) is 11.2 Å². The summed E-state index contributed by atoms with van der Waals surface area (Å²) in [4.78, 5) is 0. The maximum Gasteiger partial charge on any atom is 0.136 e. The molecule has 0 bridgehead atoms. The molecule has 2 aliphatic rings. The molecule has 1 heterocycles. The summed E-state index contributed by atoms with van der Waals surface area (Å²) in [6.07, 6.45) is 0. The van der Waals surface area contributed by atoms with E-state index >= 15 is 0 Å². The van der Waals surface area contributed by atoms with E-state index in [0.29, 0.717) is 0 Å². The van der Waals surface area contributed by atoms with Crippen LogP contribution in [0.2, 0.25) is 0 Å². The molecular weight excluding hydrogens is 737 g/mol. The predicted molar refractivity (Wildman–Crippen MR) is 258 cm³/mol. The third-order valence-corrected chi connectivity index (χ3v) is 14.5. The number of hydrogen-bond donors (Lipinski definition) is 0. The Bertz CT molecular complexity index is 3630. The number of rotatable bonds is 3. The van der Waals surface area contributed by atoms with Crippen LogP contribution in [0.25, 0.3) is 110 Å². The molecule has 1 nitrogen and oxygen atoms in total. The zero-order valence-electron chi connectivity index (χ0n) is 34.7. The monoisotopic (exact) mass is 778 g/mol. The van der Waals surface area contributed by atoms with Gasteiger partial charge in [-0.25, -0.2) is 0 Å². The average Bonchev–Trinajstić information content (AvgIpc) is 3.87. The van der Waals surface area contributed by atoms with Gasteiger partial charge in [-0.1, -0.05) is 191 Å². The van der Waals surface area contributed by atoms with E-state index in [1.165, 1.54) is 121 Å². The lowest BCUT2D eigenvalue weighted by Crippen LogP contribution is -2.14. The lowest BCUT2D eigenvalue weighted by atomic mass is 9.81. The Morgan fingerprint density at radius 3 is 1.44 bits per heavy atom. The number of hydrogen-bond acceptors (Lipinski definition) is 1. The lowest BCUT2D eigenvalue weighted by Gasteiger charge is -2.22. The topological polar surface area (TPSA) is 13.1 Å². The second-order valence-electron chi connectivity index (χ2n) is 18.3. The molecule has 61 heavy (non-hydrogen) atoms. The van der Waals surface area contributed by atoms with Crippen molar-refractivity contribution in [3.8, 4) is 55.6 Å². The van der Waals surface area contributed by atoms with Gasteiger partial charge in [0, 0.05) is 21.6 Å². The van der Waals surface area contributed by atoms with E-state index in [-0.39, 0.29) is 10.8 Å². The van der Waals surface area contributed by atoms with E-state index in [1.54, 1.807) is 0 Å². The first kappa shape index (κ1) is 34.6. The van der Waals surface area contributed by atoms with Crippen LogP contribution in [0.15, 0.2) is 186 Å². The molecule has 0 spiro atoms. The molecule has 10 aromatic carbocycles. The van der Waals surface area contributed by atoms with Crippen molar-refractivity contribution in [2.75, 3.05) is 0 Å². The molecule has 13 rings (SSSR count). The van der Waals surface area contributed by atoms with Crippen LogP contribution >= 0.6 is 0 Å². The Morgan fingerprint density at radius 1 is 0.295 bits per heavy atom. The van der Waals surface area contributed by atoms with Gasteiger partial charge in [-0.05, 0) is 128 Å². The number of fused-ring (bicyclic) bond motifs is 14. The summed E-state index contributed by atoms with van der Waals surface area (Å²) in [6.45, 7) is 9.40. The lowest BCUT2D eigenvalue weighted by molar-refractivity contribution is 0.656. The minimum Gasteiger partial charge on any atom is -0.456 e. The minimum absolute atomic E-state index is 0.0287. The molecule has 0 saturated carbocycles. The summed E-state index contributed by atoms with van der Waals surface area (Å²) in [5, 5.41) is 9.93. The van der Waals surface area contributed by atoms with Crippen molar-refractivity contribution in [3.63, 3.8) is 0 Å². The molecule has 0 atom stereocenters. The van der Waals surface area contributed by atoms with Crippen LogP contribution in [0, 0.1) is 0 Å². The summed E-state index contributed by atoms with van der Waals surface area (Å²) < 4.78 is 6.82. The van der Waals surface area contributed by atoms with Crippen molar-refractivity contribution < 1.29 is 4.42 Å². The maximum absolute atomic E-state index is 6.82. The number of furan rings is 1. The van der Waals surface area contributed by atoms with Crippen LogP contribution in [0.1, 0.15) is 49.9 Å². The molecule has 0 aliphatic heterocycles. The van der Waals surface area contributed by atoms with E-state index in [0.717, 1.165) is 11.2 Å². The van der Waals surface area contributed by atoms with Gasteiger partial charge in [0.2, 0.25) is 0 Å². The zero-order valence-corrected chi connectivity index (χ0v) is 34.7. The van der Waals surface area contributed by atoms with Gasteiger partial charge < -0.3 is 4.42 Å². The van der Waals surface area contributed by atoms with Crippen molar-refractivity contribution in [3.05, 3.63) is 204 Å². The normalized spacial score (nSPS) is 14.5. The highest BCUT2D eigenvalue weighted by atomic mass is 16.3. The van der Waals surface area contributed by atoms with E-state index < -0.39 is 0 Å². The summed E-state index contributed by atoms with van der Waals surface area (Å²) in [7, 11) is 0. The summed E-state index contributed by atoms with van der Waals surface area (Å²) in [5.41, 5.74) is 20.0. The fraction of sp³-hybridized carbons (Fsp3) is 0.100. The van der Waals surface area contributed by atoms with Gasteiger partial charge in [0.05, 0.1) is 0 Å². The second kappa shape index (κ2) is 12.2. The first-order valence-electron chi connectivity index (χ1n) is 21.6. The van der Waals surface area contributed by atoms with Gasteiger partial charge in [0.15, 0.2) is 0 Å². The molecule has 2 aliphatic carbocycles. The first-order chi connectivity index (χ1) is 29.8. The molecule has 11 aromatic rings. The van der Waals surface area contributed by atoms with Crippen molar-refractivity contribution in [1.29, 1.82) is 0 Å². The Balaban J connectivity index is 0.980. The van der Waals surface area contributed by atoms with Crippen molar-refractivity contribution in [2.45, 2.75) is 38.5 Å². The molecule has 1 aromatic heterocycles. The molecular formula is C60H42O. The molecule has 0 N–H and O–H groups in total. The van der Waals surface area contributed by atoms with E-state index in [1.807, 2.05) is 0 Å². The molecule has 0 radical (unpaired) electrons. The Hall–Kier alpha value is -7.22. The third kappa shape index (κ3) is 4.61. The summed E-state index contributed by atoms with van der Waals surface area (Å²) >= 11 is 0. The molecule has 1 heteroatoms. The molecule has 0 fully saturated rings. The SMILES string of the molecule is CC1(C)c2ccccc2-c2cc(-c3c4ccccc4c(-c4ccc(-c5cc6oc7ccc8c(c7c6c6ccccc56)-c5ccccc5C8(C)C)cc4)c4ccccc34)ccc21. The Kier molecular flexibility index (Phi) is 6.91. The van der Waals surface area contributed by atoms with Crippen molar-refractivity contribution in [1.82, 2.24) is 0 Å². The highest BCUT2D eigenvalue weighted by Gasteiger charge is 2.38. The maximum atomic E-state index is 6.82. The summed E-state index contributed by atoms with van der Waals surface area (Å²) in [5.74, 6) is 0.